The van der Waals surface area contributed by atoms with Gasteiger partial charge in [0.05, 0.1) is 18.8 Å². The van der Waals surface area contributed by atoms with Gasteiger partial charge in [-0.1, -0.05) is 0 Å². The molecule has 1 amide bonds. The molecule has 0 aromatic carbocycles. The van der Waals surface area contributed by atoms with Crippen LogP contribution in [0.3, 0.4) is 0 Å². The molecule has 0 saturated carbocycles. The van der Waals surface area contributed by atoms with Crippen LogP contribution in [0.15, 0.2) is 16.4 Å². The van der Waals surface area contributed by atoms with E-state index in [0.717, 1.165) is 71.0 Å². The van der Waals surface area contributed by atoms with Gasteiger partial charge < -0.3 is 24.6 Å². The molecule has 2 saturated heterocycles. The van der Waals surface area contributed by atoms with Crippen LogP contribution in [-0.2, 0) is 27.2 Å². The average molecular weight is 577 g/mol. The molecule has 4 rings (SSSR count). The van der Waals surface area contributed by atoms with E-state index < -0.39 is 0 Å². The summed E-state index contributed by atoms with van der Waals surface area (Å²) in [5.41, 5.74) is 1.31. The molecular formula is C23H37IN4O3S. The molecule has 1 unspecified atom stereocenters. The predicted molar refractivity (Wildman–Crippen MR) is 139 cm³/mol. The van der Waals surface area contributed by atoms with E-state index in [-0.39, 0.29) is 36.0 Å². The number of fused-ring (bicyclic) bond motifs is 1. The van der Waals surface area contributed by atoms with E-state index in [1.54, 1.807) is 11.3 Å². The van der Waals surface area contributed by atoms with E-state index in [1.165, 1.54) is 23.3 Å². The van der Waals surface area contributed by atoms with Crippen molar-refractivity contribution in [3.63, 3.8) is 0 Å². The van der Waals surface area contributed by atoms with E-state index in [1.807, 2.05) is 11.9 Å². The summed E-state index contributed by atoms with van der Waals surface area (Å²) in [5, 5.41) is 5.52. The van der Waals surface area contributed by atoms with Gasteiger partial charge in [0.15, 0.2) is 5.96 Å². The number of hydrogen-bond acceptors (Lipinski definition) is 5. The number of guanidine groups is 1. The molecule has 1 aromatic heterocycles. The van der Waals surface area contributed by atoms with Crippen LogP contribution in [0.4, 0.5) is 0 Å². The molecule has 1 atom stereocenters. The zero-order valence-electron chi connectivity index (χ0n) is 19.1. The maximum atomic E-state index is 12.6. The third-order valence-corrected chi connectivity index (χ3v) is 7.55. The molecule has 4 heterocycles. The maximum absolute atomic E-state index is 12.6. The molecule has 1 N–H and O–H groups in total. The molecule has 0 aliphatic carbocycles. The summed E-state index contributed by atoms with van der Waals surface area (Å²) in [4.78, 5) is 22.8. The summed E-state index contributed by atoms with van der Waals surface area (Å²) in [6.45, 7) is 5.67. The van der Waals surface area contributed by atoms with Crippen molar-refractivity contribution in [3.8, 4) is 0 Å². The van der Waals surface area contributed by atoms with Gasteiger partial charge in [0.25, 0.3) is 0 Å². The number of likely N-dealkylation sites (tertiary alicyclic amines) is 1. The summed E-state index contributed by atoms with van der Waals surface area (Å²) in [5.74, 6) is 1.11. The van der Waals surface area contributed by atoms with Gasteiger partial charge in [-0.3, -0.25) is 9.79 Å². The number of aliphatic imine (C=N–C) groups is 1. The van der Waals surface area contributed by atoms with Crippen molar-refractivity contribution >= 4 is 47.2 Å². The number of halogens is 1. The topological polar surface area (TPSA) is 66.4 Å². The third-order valence-electron chi connectivity index (χ3n) is 6.53. The number of nitrogens with one attached hydrogen (secondary N) is 1. The van der Waals surface area contributed by atoms with E-state index in [2.05, 4.69) is 26.7 Å². The second kappa shape index (κ2) is 13.1. The summed E-state index contributed by atoms with van der Waals surface area (Å²) in [7, 11) is 1.82. The van der Waals surface area contributed by atoms with Crippen molar-refractivity contribution in [1.82, 2.24) is 15.1 Å². The first kappa shape index (κ1) is 25.7. The van der Waals surface area contributed by atoms with E-state index >= 15 is 0 Å². The van der Waals surface area contributed by atoms with Crippen LogP contribution in [0.25, 0.3) is 0 Å². The highest BCUT2D eigenvalue weighted by Crippen LogP contribution is 2.24. The molecule has 2 fully saturated rings. The molecule has 9 heteroatoms. The van der Waals surface area contributed by atoms with Crippen LogP contribution in [0, 0.1) is 0 Å². The lowest BCUT2D eigenvalue weighted by Gasteiger charge is -2.35. The standard InChI is InChI=1S/C23H36N4O3S.HI/c1-24-23(25-10-5-22(28)27-13-8-21-18(16-27)9-15-31-21)26-11-6-19(7-12-26)30-17-20-4-2-3-14-29-20;/h9,15,19-20H,2-8,10-14,16-17H2,1H3,(H,24,25);1H. The molecule has 1 aromatic rings. The number of carbonyl (C=O) groups excluding carboxylic acids is 1. The predicted octanol–water partition coefficient (Wildman–Crippen LogP) is 3.27. The number of ether oxygens (including phenoxy) is 2. The smallest absolute Gasteiger partial charge is 0.224 e. The fraction of sp³-hybridized carbons (Fsp3) is 0.739. The van der Waals surface area contributed by atoms with Crippen molar-refractivity contribution in [3.05, 3.63) is 21.9 Å². The summed E-state index contributed by atoms with van der Waals surface area (Å²) in [6.07, 6.45) is 7.64. The van der Waals surface area contributed by atoms with Gasteiger partial charge in [-0.05, 0) is 55.5 Å². The minimum atomic E-state index is 0. The Labute approximate surface area is 212 Å². The Kier molecular flexibility index (Phi) is 10.5. The normalized spacial score (nSPS) is 22.3. The van der Waals surface area contributed by atoms with E-state index in [0.29, 0.717) is 19.1 Å². The Morgan fingerprint density at radius 3 is 2.84 bits per heavy atom. The fourth-order valence-corrected chi connectivity index (χ4v) is 5.54. The molecule has 0 spiro atoms. The lowest BCUT2D eigenvalue weighted by Crippen LogP contribution is -2.48. The molecule has 180 valence electrons. The highest BCUT2D eigenvalue weighted by atomic mass is 127. The van der Waals surface area contributed by atoms with Gasteiger partial charge in [-0.15, -0.1) is 35.3 Å². The van der Waals surface area contributed by atoms with Crippen molar-refractivity contribution in [1.29, 1.82) is 0 Å². The average Bonchev–Trinajstić information content (AvgIpc) is 3.29. The molecule has 0 bridgehead atoms. The van der Waals surface area contributed by atoms with E-state index in [9.17, 15) is 4.79 Å². The van der Waals surface area contributed by atoms with Crippen molar-refractivity contribution < 1.29 is 14.3 Å². The minimum Gasteiger partial charge on any atom is -0.376 e. The first-order valence-corrected chi connectivity index (χ1v) is 12.6. The molecule has 7 nitrogen and oxygen atoms in total. The second-order valence-electron chi connectivity index (χ2n) is 8.67. The van der Waals surface area contributed by atoms with Gasteiger partial charge in [-0.2, -0.15) is 0 Å². The Morgan fingerprint density at radius 1 is 1.25 bits per heavy atom. The lowest BCUT2D eigenvalue weighted by atomic mass is 10.1. The van der Waals surface area contributed by atoms with Gasteiger partial charge in [-0.25, -0.2) is 0 Å². The first-order chi connectivity index (χ1) is 15.2. The second-order valence-corrected chi connectivity index (χ2v) is 9.67. The number of carbonyl (C=O) groups is 1. The SMILES string of the molecule is CN=C(NCCC(=O)N1CCc2sccc2C1)N1CCC(OCC2CCCCO2)CC1.I. The lowest BCUT2D eigenvalue weighted by molar-refractivity contribution is -0.131. The highest BCUT2D eigenvalue weighted by Gasteiger charge is 2.25. The molecular weight excluding hydrogens is 539 g/mol. The Balaban J connectivity index is 0.00000289. The van der Waals surface area contributed by atoms with Gasteiger partial charge in [0.2, 0.25) is 5.91 Å². The number of amides is 1. The number of nitrogens with zero attached hydrogens (tertiary/aromatic N) is 3. The summed E-state index contributed by atoms with van der Waals surface area (Å²) in [6, 6.07) is 2.15. The minimum absolute atomic E-state index is 0. The summed E-state index contributed by atoms with van der Waals surface area (Å²) < 4.78 is 11.9. The Hall–Kier alpha value is -0.910. The van der Waals surface area contributed by atoms with Crippen LogP contribution >= 0.6 is 35.3 Å². The third kappa shape index (κ3) is 7.04. The zero-order chi connectivity index (χ0) is 21.5. The van der Waals surface area contributed by atoms with Crippen LogP contribution in [0.5, 0.6) is 0 Å². The van der Waals surface area contributed by atoms with Crippen molar-refractivity contribution in [2.75, 3.05) is 46.4 Å². The molecule has 0 radical (unpaired) electrons. The fourth-order valence-electron chi connectivity index (χ4n) is 4.65. The Morgan fingerprint density at radius 2 is 2.09 bits per heavy atom. The van der Waals surface area contributed by atoms with Crippen molar-refractivity contribution in [2.24, 2.45) is 4.99 Å². The van der Waals surface area contributed by atoms with Gasteiger partial charge >= 0.3 is 0 Å². The number of piperidine rings is 1. The largest absolute Gasteiger partial charge is 0.376 e. The van der Waals surface area contributed by atoms with Crippen LogP contribution in [0.1, 0.15) is 49.0 Å². The van der Waals surface area contributed by atoms with Crippen molar-refractivity contribution in [2.45, 2.75) is 63.7 Å². The monoisotopic (exact) mass is 576 g/mol. The van der Waals surface area contributed by atoms with Crippen LogP contribution in [0.2, 0.25) is 0 Å². The number of thiophene rings is 1. The molecule has 32 heavy (non-hydrogen) atoms. The first-order valence-electron chi connectivity index (χ1n) is 11.7. The zero-order valence-corrected chi connectivity index (χ0v) is 22.2. The quantitative estimate of drug-likeness (QED) is 0.320. The highest BCUT2D eigenvalue weighted by molar-refractivity contribution is 14.0. The number of hydrogen-bond donors (Lipinski definition) is 1. The van der Waals surface area contributed by atoms with Gasteiger partial charge in [0.1, 0.15) is 0 Å². The summed E-state index contributed by atoms with van der Waals surface area (Å²) >= 11 is 1.80. The van der Waals surface area contributed by atoms with E-state index in [4.69, 9.17) is 9.47 Å². The molecule has 3 aliphatic heterocycles. The van der Waals surface area contributed by atoms with Gasteiger partial charge in [0, 0.05) is 57.7 Å². The Bertz CT molecular complexity index is 745. The maximum Gasteiger partial charge on any atom is 0.224 e. The van der Waals surface area contributed by atoms with Crippen LogP contribution < -0.4 is 5.32 Å². The molecule has 3 aliphatic rings. The van der Waals surface area contributed by atoms with Crippen LogP contribution in [-0.4, -0.2) is 80.3 Å². The number of rotatable bonds is 6.